The summed E-state index contributed by atoms with van der Waals surface area (Å²) in [5.74, 6) is 1.44. The molecule has 1 aromatic heterocycles. The SMILES string of the molecule is CCC(C)(CC(C)(C)C)C(=O)OC(C)(C)CC(C)Oc1ccc2cc(-c3ccccc3)oc2c1. The highest BCUT2D eigenvalue weighted by molar-refractivity contribution is 5.84. The van der Waals surface area contributed by atoms with E-state index in [4.69, 9.17) is 13.9 Å². The molecule has 2 aromatic carbocycles. The highest BCUT2D eigenvalue weighted by Crippen LogP contribution is 2.39. The van der Waals surface area contributed by atoms with Crippen LogP contribution in [0, 0.1) is 10.8 Å². The van der Waals surface area contributed by atoms with Gasteiger partial charge in [-0.2, -0.15) is 0 Å². The number of hydrogen-bond donors (Lipinski definition) is 0. The lowest BCUT2D eigenvalue weighted by molar-refractivity contribution is -0.172. The number of furan rings is 1. The van der Waals surface area contributed by atoms with Crippen molar-refractivity contribution in [2.24, 2.45) is 10.8 Å². The van der Waals surface area contributed by atoms with Crippen LogP contribution in [0.3, 0.4) is 0 Å². The van der Waals surface area contributed by atoms with Crippen molar-refractivity contribution in [3.05, 3.63) is 54.6 Å². The largest absolute Gasteiger partial charge is 0.490 e. The first-order chi connectivity index (χ1) is 15.8. The molecule has 0 radical (unpaired) electrons. The van der Waals surface area contributed by atoms with Crippen molar-refractivity contribution in [1.82, 2.24) is 0 Å². The van der Waals surface area contributed by atoms with Crippen LogP contribution in [0.2, 0.25) is 0 Å². The maximum absolute atomic E-state index is 13.1. The standard InChI is InChI=1S/C30H40O4/c1-9-30(8,20-28(3,4)5)27(31)34-29(6,7)19-21(2)32-24-16-15-23-17-25(33-26(23)18-24)22-13-11-10-12-14-22/h10-18,21H,9,19-20H2,1-8H3. The van der Waals surface area contributed by atoms with Crippen molar-refractivity contribution in [3.63, 3.8) is 0 Å². The molecule has 2 unspecified atom stereocenters. The number of rotatable bonds is 9. The molecule has 0 aliphatic heterocycles. The molecule has 0 saturated carbocycles. The fourth-order valence-electron chi connectivity index (χ4n) is 4.72. The number of esters is 1. The topological polar surface area (TPSA) is 48.7 Å². The van der Waals surface area contributed by atoms with Gasteiger partial charge in [0.1, 0.15) is 22.7 Å². The van der Waals surface area contributed by atoms with Gasteiger partial charge in [0, 0.05) is 23.4 Å². The first kappa shape index (κ1) is 25.9. The first-order valence-electron chi connectivity index (χ1n) is 12.3. The van der Waals surface area contributed by atoms with Crippen LogP contribution in [-0.4, -0.2) is 17.7 Å². The van der Waals surface area contributed by atoms with Crippen molar-refractivity contribution < 1.29 is 18.7 Å². The third-order valence-electron chi connectivity index (χ3n) is 6.23. The molecule has 4 nitrogen and oxygen atoms in total. The number of fused-ring (bicyclic) bond motifs is 1. The van der Waals surface area contributed by atoms with Crippen LogP contribution in [0.5, 0.6) is 5.75 Å². The van der Waals surface area contributed by atoms with Gasteiger partial charge in [0.25, 0.3) is 0 Å². The van der Waals surface area contributed by atoms with Gasteiger partial charge in [-0.1, -0.05) is 58.0 Å². The zero-order chi connectivity index (χ0) is 25.1. The van der Waals surface area contributed by atoms with Crippen LogP contribution in [0.15, 0.2) is 59.0 Å². The molecule has 1 heterocycles. The second-order valence-corrected chi connectivity index (χ2v) is 11.6. The third kappa shape index (κ3) is 6.65. The van der Waals surface area contributed by atoms with Crippen molar-refractivity contribution in [3.8, 4) is 17.1 Å². The molecule has 0 fully saturated rings. The summed E-state index contributed by atoms with van der Waals surface area (Å²) in [6, 6.07) is 18.0. The van der Waals surface area contributed by atoms with Gasteiger partial charge in [0.2, 0.25) is 0 Å². The lowest BCUT2D eigenvalue weighted by Crippen LogP contribution is -2.41. The minimum absolute atomic E-state index is 0.0508. The Labute approximate surface area is 204 Å². The van der Waals surface area contributed by atoms with Gasteiger partial charge in [0.05, 0.1) is 11.5 Å². The zero-order valence-electron chi connectivity index (χ0n) is 22.0. The summed E-state index contributed by atoms with van der Waals surface area (Å²) < 4.78 is 18.3. The molecule has 0 amide bonds. The van der Waals surface area contributed by atoms with Crippen molar-refractivity contribution in [2.75, 3.05) is 0 Å². The van der Waals surface area contributed by atoms with Crippen LogP contribution in [-0.2, 0) is 9.53 Å². The number of hydrogen-bond acceptors (Lipinski definition) is 4. The van der Waals surface area contributed by atoms with E-state index >= 15 is 0 Å². The predicted molar refractivity (Wildman–Crippen MR) is 139 cm³/mol. The van der Waals surface area contributed by atoms with Gasteiger partial charge in [-0.15, -0.1) is 0 Å². The average molecular weight is 465 g/mol. The Morgan fingerprint density at radius 3 is 2.26 bits per heavy atom. The van der Waals surface area contributed by atoms with Crippen LogP contribution < -0.4 is 4.74 Å². The molecular weight excluding hydrogens is 424 g/mol. The molecule has 0 saturated heterocycles. The van der Waals surface area contributed by atoms with E-state index in [1.54, 1.807) is 0 Å². The van der Waals surface area contributed by atoms with Crippen molar-refractivity contribution >= 4 is 16.9 Å². The summed E-state index contributed by atoms with van der Waals surface area (Å²) in [5, 5.41) is 1.03. The smallest absolute Gasteiger partial charge is 0.312 e. The molecule has 3 rings (SSSR count). The predicted octanol–water partition coefficient (Wildman–Crippen LogP) is 8.43. The molecule has 0 N–H and O–H groups in total. The number of carbonyl (C=O) groups excluding carboxylic acids is 1. The fraction of sp³-hybridized carbons (Fsp3) is 0.500. The van der Waals surface area contributed by atoms with Crippen molar-refractivity contribution in [1.29, 1.82) is 0 Å². The van der Waals surface area contributed by atoms with E-state index in [0.717, 1.165) is 40.9 Å². The maximum atomic E-state index is 13.1. The number of benzene rings is 2. The van der Waals surface area contributed by atoms with E-state index in [9.17, 15) is 4.79 Å². The summed E-state index contributed by atoms with van der Waals surface area (Å²) in [4.78, 5) is 13.1. The van der Waals surface area contributed by atoms with E-state index in [1.807, 2.05) is 82.3 Å². The van der Waals surface area contributed by atoms with E-state index in [2.05, 4.69) is 27.7 Å². The Hall–Kier alpha value is -2.75. The molecule has 4 heteroatoms. The Morgan fingerprint density at radius 1 is 0.971 bits per heavy atom. The Bertz CT molecular complexity index is 1100. The molecule has 0 aliphatic rings. The summed E-state index contributed by atoms with van der Waals surface area (Å²) in [5.41, 5.74) is 0.745. The lowest BCUT2D eigenvalue weighted by atomic mass is 9.73. The second-order valence-electron chi connectivity index (χ2n) is 11.6. The van der Waals surface area contributed by atoms with Gasteiger partial charge in [-0.05, 0) is 64.2 Å². The quantitative estimate of drug-likeness (QED) is 0.298. The number of carbonyl (C=O) groups is 1. The van der Waals surface area contributed by atoms with Crippen LogP contribution in [0.4, 0.5) is 0 Å². The van der Waals surface area contributed by atoms with Gasteiger partial charge in [0.15, 0.2) is 0 Å². The zero-order valence-corrected chi connectivity index (χ0v) is 22.0. The van der Waals surface area contributed by atoms with Gasteiger partial charge < -0.3 is 13.9 Å². The molecule has 0 bridgehead atoms. The Balaban J connectivity index is 1.65. The van der Waals surface area contributed by atoms with Crippen LogP contribution in [0.25, 0.3) is 22.3 Å². The molecular formula is C30H40O4. The Morgan fingerprint density at radius 2 is 1.65 bits per heavy atom. The molecule has 3 aromatic rings. The maximum Gasteiger partial charge on any atom is 0.312 e. The van der Waals surface area contributed by atoms with E-state index < -0.39 is 11.0 Å². The monoisotopic (exact) mass is 464 g/mol. The normalized spacial score (nSPS) is 15.1. The summed E-state index contributed by atoms with van der Waals surface area (Å²) in [7, 11) is 0. The first-order valence-corrected chi connectivity index (χ1v) is 12.3. The van der Waals surface area contributed by atoms with Gasteiger partial charge in [-0.3, -0.25) is 4.79 Å². The van der Waals surface area contributed by atoms with E-state index in [1.165, 1.54) is 0 Å². The summed E-state index contributed by atoms with van der Waals surface area (Å²) >= 11 is 0. The highest BCUT2D eigenvalue weighted by atomic mass is 16.6. The lowest BCUT2D eigenvalue weighted by Gasteiger charge is -2.37. The van der Waals surface area contributed by atoms with E-state index in [-0.39, 0.29) is 17.5 Å². The number of ether oxygens (including phenoxy) is 2. The van der Waals surface area contributed by atoms with Gasteiger partial charge in [-0.25, -0.2) is 0 Å². The molecule has 2 atom stereocenters. The highest BCUT2D eigenvalue weighted by Gasteiger charge is 2.40. The Kier molecular flexibility index (Phi) is 7.50. The van der Waals surface area contributed by atoms with E-state index in [0.29, 0.717) is 6.42 Å². The fourth-order valence-corrected chi connectivity index (χ4v) is 4.72. The molecule has 0 spiro atoms. The molecule has 0 aliphatic carbocycles. The molecule has 34 heavy (non-hydrogen) atoms. The minimum atomic E-state index is -0.639. The molecule has 184 valence electrons. The second kappa shape index (κ2) is 9.85. The third-order valence-corrected chi connectivity index (χ3v) is 6.23. The van der Waals surface area contributed by atoms with Crippen molar-refractivity contribution in [2.45, 2.75) is 86.4 Å². The van der Waals surface area contributed by atoms with Gasteiger partial charge >= 0.3 is 5.97 Å². The van der Waals surface area contributed by atoms with Crippen LogP contribution in [0.1, 0.15) is 74.7 Å². The van der Waals surface area contributed by atoms with Crippen LogP contribution >= 0.6 is 0 Å². The summed E-state index contributed by atoms with van der Waals surface area (Å²) in [6.07, 6.45) is 1.98. The summed E-state index contributed by atoms with van der Waals surface area (Å²) in [6.45, 7) is 16.5. The average Bonchev–Trinajstić information content (AvgIpc) is 3.15. The minimum Gasteiger partial charge on any atom is -0.490 e.